The number of rotatable bonds is 7. The molecule has 0 aliphatic heterocycles. The van der Waals surface area contributed by atoms with Crippen LogP contribution in [0.4, 0.5) is 13.2 Å². The normalized spacial score (nSPS) is 12.2. The van der Waals surface area contributed by atoms with Crippen molar-refractivity contribution in [1.29, 1.82) is 0 Å². The molecule has 0 bridgehead atoms. The molecule has 0 heterocycles. The van der Waals surface area contributed by atoms with Gasteiger partial charge < -0.3 is 9.64 Å². The molecule has 172 valence electrons. The maximum Gasteiger partial charge on any atom is 0.490 e. The van der Waals surface area contributed by atoms with E-state index >= 15 is 0 Å². The molecule has 0 radical (unpaired) electrons. The van der Waals surface area contributed by atoms with Crippen LogP contribution in [0.1, 0.15) is 22.8 Å². The van der Waals surface area contributed by atoms with Gasteiger partial charge in [0.25, 0.3) is 5.91 Å². The van der Waals surface area contributed by atoms with Crippen molar-refractivity contribution >= 4 is 23.6 Å². The maximum absolute atomic E-state index is 13.2. The summed E-state index contributed by atoms with van der Waals surface area (Å²) < 4.78 is 43.8. The summed E-state index contributed by atoms with van der Waals surface area (Å²) in [5.74, 6) is -3.17. The number of carbonyl (C=O) groups excluding carboxylic acids is 2. The van der Waals surface area contributed by atoms with Crippen LogP contribution >= 0.6 is 11.8 Å². The molecule has 3 aromatic carbocycles. The highest BCUT2D eigenvalue weighted by atomic mass is 32.2. The molecule has 0 fully saturated rings. The van der Waals surface area contributed by atoms with Gasteiger partial charge >= 0.3 is 12.1 Å². The first-order valence-electron chi connectivity index (χ1n) is 10.1. The van der Waals surface area contributed by atoms with Gasteiger partial charge in [-0.25, -0.2) is 4.79 Å². The van der Waals surface area contributed by atoms with E-state index in [0.29, 0.717) is 4.90 Å². The van der Waals surface area contributed by atoms with E-state index in [1.807, 2.05) is 37.3 Å². The molecule has 1 unspecified atom stereocenters. The van der Waals surface area contributed by atoms with Crippen molar-refractivity contribution in [2.45, 2.75) is 35.5 Å². The van der Waals surface area contributed by atoms with Crippen molar-refractivity contribution in [3.63, 3.8) is 0 Å². The largest absolute Gasteiger partial charge is 0.490 e. The predicted octanol–water partition coefficient (Wildman–Crippen LogP) is 5.95. The van der Waals surface area contributed by atoms with Gasteiger partial charge in [-0.1, -0.05) is 78.0 Å². The molecule has 0 saturated carbocycles. The number of likely N-dealkylation sites (N-methyl/N-ethyl adjacent to an activating group) is 1. The smallest absolute Gasteiger partial charge is 0.441 e. The van der Waals surface area contributed by atoms with Crippen LogP contribution in [0.3, 0.4) is 0 Å². The second-order valence-corrected chi connectivity index (χ2v) is 8.53. The molecule has 0 N–H and O–H groups in total. The minimum atomic E-state index is -5.23. The summed E-state index contributed by atoms with van der Waals surface area (Å²) in [5.41, 5.74) is 2.03. The Hall–Kier alpha value is -3.26. The van der Waals surface area contributed by atoms with Crippen molar-refractivity contribution < 1.29 is 27.5 Å². The van der Waals surface area contributed by atoms with Gasteiger partial charge in [0.05, 0.1) is 0 Å². The van der Waals surface area contributed by atoms with E-state index in [4.69, 9.17) is 4.74 Å². The van der Waals surface area contributed by atoms with Gasteiger partial charge in [-0.05, 0) is 30.7 Å². The summed E-state index contributed by atoms with van der Waals surface area (Å²) in [6, 6.07) is 23.0. The number of benzene rings is 3. The highest BCUT2D eigenvalue weighted by Gasteiger charge is 2.44. The van der Waals surface area contributed by atoms with Gasteiger partial charge in [0, 0.05) is 28.9 Å². The topological polar surface area (TPSA) is 46.6 Å². The summed E-state index contributed by atoms with van der Waals surface area (Å²) in [7, 11) is 1.46. The number of hydrogen-bond acceptors (Lipinski definition) is 4. The van der Waals surface area contributed by atoms with E-state index in [1.165, 1.54) is 29.8 Å². The lowest BCUT2D eigenvalue weighted by Crippen LogP contribution is -2.36. The standard InChI is InChI=1S/C25H22F3NO3S/c1-17-12-14-19(15-13-17)33-21-11-7-6-10-20(21)22(32-24(31)25(26,27)28)23(30)29(2)16-18-8-4-3-5-9-18/h3-15,22H,16H2,1-2H3. The van der Waals surface area contributed by atoms with Crippen LogP contribution in [0.15, 0.2) is 88.7 Å². The summed E-state index contributed by atoms with van der Waals surface area (Å²) in [5, 5.41) is 0. The van der Waals surface area contributed by atoms with E-state index in [2.05, 4.69) is 0 Å². The number of hydrogen-bond donors (Lipinski definition) is 0. The first kappa shape index (κ1) is 24.4. The van der Waals surface area contributed by atoms with E-state index in [9.17, 15) is 22.8 Å². The van der Waals surface area contributed by atoms with Gasteiger partial charge in [-0.15, -0.1) is 0 Å². The Kier molecular flexibility index (Phi) is 7.81. The monoisotopic (exact) mass is 473 g/mol. The highest BCUT2D eigenvalue weighted by molar-refractivity contribution is 7.99. The summed E-state index contributed by atoms with van der Waals surface area (Å²) >= 11 is 1.28. The fourth-order valence-electron chi connectivity index (χ4n) is 3.08. The third-order valence-corrected chi connectivity index (χ3v) is 5.87. The zero-order valence-electron chi connectivity index (χ0n) is 18.0. The second-order valence-electron chi connectivity index (χ2n) is 7.42. The Balaban J connectivity index is 1.94. The molecule has 33 heavy (non-hydrogen) atoms. The molecule has 0 spiro atoms. The first-order valence-corrected chi connectivity index (χ1v) is 10.9. The van der Waals surface area contributed by atoms with Crippen molar-refractivity contribution in [1.82, 2.24) is 4.90 Å². The molecule has 0 aliphatic carbocycles. The number of esters is 1. The van der Waals surface area contributed by atoms with Crippen molar-refractivity contribution in [3.05, 3.63) is 95.6 Å². The SMILES string of the molecule is Cc1ccc(Sc2ccccc2C(OC(=O)C(F)(F)F)C(=O)N(C)Cc2ccccc2)cc1. The minimum absolute atomic E-state index is 0.146. The Morgan fingerprint density at radius 2 is 1.55 bits per heavy atom. The number of nitrogens with zero attached hydrogens (tertiary/aromatic N) is 1. The molecule has 1 amide bonds. The van der Waals surface area contributed by atoms with Gasteiger partial charge in [-0.3, -0.25) is 4.79 Å². The summed E-state index contributed by atoms with van der Waals surface area (Å²) in [6.45, 7) is 2.09. The zero-order valence-corrected chi connectivity index (χ0v) is 18.8. The van der Waals surface area contributed by atoms with Gasteiger partial charge in [0.1, 0.15) is 0 Å². The Morgan fingerprint density at radius 3 is 2.18 bits per heavy atom. The third-order valence-electron chi connectivity index (χ3n) is 4.77. The number of ether oxygens (including phenoxy) is 1. The lowest BCUT2D eigenvalue weighted by atomic mass is 10.1. The molecule has 3 rings (SSSR count). The van der Waals surface area contributed by atoms with Crippen LogP contribution in [0.25, 0.3) is 0 Å². The van der Waals surface area contributed by atoms with E-state index < -0.39 is 24.2 Å². The molecular formula is C25H22F3NO3S. The van der Waals surface area contributed by atoms with E-state index in [0.717, 1.165) is 16.0 Å². The van der Waals surface area contributed by atoms with Crippen LogP contribution in [-0.2, 0) is 20.9 Å². The number of alkyl halides is 3. The molecule has 0 aromatic heterocycles. The molecular weight excluding hydrogens is 451 g/mol. The van der Waals surface area contributed by atoms with Crippen LogP contribution in [0.2, 0.25) is 0 Å². The fraction of sp³-hybridized carbons (Fsp3) is 0.200. The summed E-state index contributed by atoms with van der Waals surface area (Å²) in [6.07, 6.45) is -6.97. The Bertz CT molecular complexity index is 1100. The number of amides is 1. The molecule has 1 atom stereocenters. The minimum Gasteiger partial charge on any atom is -0.441 e. The lowest BCUT2D eigenvalue weighted by Gasteiger charge is -2.26. The van der Waals surface area contributed by atoms with Crippen molar-refractivity contribution in [2.75, 3.05) is 7.05 Å². The fourth-order valence-corrected chi connectivity index (χ4v) is 4.05. The average molecular weight is 474 g/mol. The highest BCUT2D eigenvalue weighted by Crippen LogP contribution is 2.36. The molecule has 0 aliphatic rings. The number of aryl methyl sites for hydroxylation is 1. The molecule has 3 aromatic rings. The molecule has 4 nitrogen and oxygen atoms in total. The quantitative estimate of drug-likeness (QED) is 0.398. The van der Waals surface area contributed by atoms with Gasteiger partial charge in [0.2, 0.25) is 6.10 Å². The Morgan fingerprint density at radius 1 is 0.939 bits per heavy atom. The molecule has 0 saturated heterocycles. The van der Waals surface area contributed by atoms with Gasteiger partial charge in [0.15, 0.2) is 0 Å². The predicted molar refractivity (Wildman–Crippen MR) is 120 cm³/mol. The third kappa shape index (κ3) is 6.61. The Labute approximate surface area is 194 Å². The zero-order chi connectivity index (χ0) is 24.0. The lowest BCUT2D eigenvalue weighted by molar-refractivity contribution is -0.206. The van der Waals surface area contributed by atoms with Crippen LogP contribution in [0, 0.1) is 6.92 Å². The van der Waals surface area contributed by atoms with Crippen LogP contribution in [0.5, 0.6) is 0 Å². The average Bonchev–Trinajstić information content (AvgIpc) is 2.79. The van der Waals surface area contributed by atoms with E-state index in [-0.39, 0.29) is 12.1 Å². The van der Waals surface area contributed by atoms with E-state index in [1.54, 1.807) is 42.5 Å². The summed E-state index contributed by atoms with van der Waals surface area (Å²) in [4.78, 5) is 27.5. The molecule has 8 heteroatoms. The maximum atomic E-state index is 13.2. The number of carbonyl (C=O) groups is 2. The van der Waals surface area contributed by atoms with Crippen molar-refractivity contribution in [2.24, 2.45) is 0 Å². The van der Waals surface area contributed by atoms with Gasteiger partial charge in [-0.2, -0.15) is 13.2 Å². The second kappa shape index (κ2) is 10.6. The van der Waals surface area contributed by atoms with Crippen molar-refractivity contribution in [3.8, 4) is 0 Å². The number of halogens is 3. The first-order chi connectivity index (χ1) is 15.6. The van der Waals surface area contributed by atoms with Crippen LogP contribution < -0.4 is 0 Å². The van der Waals surface area contributed by atoms with Crippen LogP contribution in [-0.4, -0.2) is 30.0 Å².